The molecule has 104 valence electrons. The van der Waals surface area contributed by atoms with E-state index in [1.807, 2.05) is 25.1 Å². The Morgan fingerprint density at radius 2 is 2.25 bits per heavy atom. The van der Waals surface area contributed by atoms with E-state index in [-0.39, 0.29) is 0 Å². The molecule has 20 heavy (non-hydrogen) atoms. The van der Waals surface area contributed by atoms with Gasteiger partial charge in [-0.15, -0.1) is 0 Å². The molecule has 1 N–H and O–H groups in total. The summed E-state index contributed by atoms with van der Waals surface area (Å²) < 4.78 is 0. The van der Waals surface area contributed by atoms with Gasteiger partial charge in [-0.3, -0.25) is 9.88 Å². The summed E-state index contributed by atoms with van der Waals surface area (Å²) in [6.07, 6.45) is 0.827. The largest absolute Gasteiger partial charge is 0.478 e. The molecule has 4 heteroatoms. The van der Waals surface area contributed by atoms with E-state index in [1.54, 1.807) is 0 Å². The van der Waals surface area contributed by atoms with Crippen LogP contribution in [0.1, 0.15) is 34.1 Å². The SMILES string of the molecule is CCN1CCc2nc3c(C)cccc3c(C(=O)O)c2C1. The molecule has 1 aliphatic rings. The third-order valence-electron chi connectivity index (χ3n) is 4.11. The second-order valence-electron chi connectivity index (χ2n) is 5.31. The van der Waals surface area contributed by atoms with Crippen LogP contribution in [0.3, 0.4) is 0 Å². The zero-order valence-electron chi connectivity index (χ0n) is 11.8. The van der Waals surface area contributed by atoms with Crippen LogP contribution < -0.4 is 0 Å². The van der Waals surface area contributed by atoms with Gasteiger partial charge in [-0.05, 0) is 19.0 Å². The number of fused-ring (bicyclic) bond motifs is 2. The lowest BCUT2D eigenvalue weighted by Crippen LogP contribution is -2.32. The lowest BCUT2D eigenvalue weighted by atomic mass is 9.95. The fraction of sp³-hybridized carbons (Fsp3) is 0.375. The molecule has 1 aromatic carbocycles. The van der Waals surface area contributed by atoms with E-state index in [0.717, 1.165) is 47.2 Å². The molecule has 0 fully saturated rings. The minimum absolute atomic E-state index is 0.437. The van der Waals surface area contributed by atoms with Gasteiger partial charge in [0.1, 0.15) is 0 Å². The Labute approximate surface area is 118 Å². The second kappa shape index (κ2) is 4.87. The van der Waals surface area contributed by atoms with Crippen molar-refractivity contribution in [3.8, 4) is 0 Å². The van der Waals surface area contributed by atoms with Gasteiger partial charge in [-0.25, -0.2) is 4.79 Å². The molecule has 0 atom stereocenters. The first kappa shape index (κ1) is 13.1. The summed E-state index contributed by atoms with van der Waals surface area (Å²) in [5, 5.41) is 10.4. The van der Waals surface area contributed by atoms with Gasteiger partial charge >= 0.3 is 5.97 Å². The van der Waals surface area contributed by atoms with Gasteiger partial charge in [0, 0.05) is 36.2 Å². The zero-order valence-corrected chi connectivity index (χ0v) is 11.8. The Balaban J connectivity index is 2.32. The van der Waals surface area contributed by atoms with Crippen molar-refractivity contribution in [2.75, 3.05) is 13.1 Å². The predicted molar refractivity (Wildman–Crippen MR) is 78.1 cm³/mol. The fourth-order valence-corrected chi connectivity index (χ4v) is 2.98. The summed E-state index contributed by atoms with van der Waals surface area (Å²) in [7, 11) is 0. The fourth-order valence-electron chi connectivity index (χ4n) is 2.98. The summed E-state index contributed by atoms with van der Waals surface area (Å²) in [4.78, 5) is 18.7. The summed E-state index contributed by atoms with van der Waals surface area (Å²) in [5.41, 5.74) is 4.14. The maximum Gasteiger partial charge on any atom is 0.336 e. The minimum Gasteiger partial charge on any atom is -0.478 e. The molecule has 0 saturated heterocycles. The van der Waals surface area contributed by atoms with Crippen molar-refractivity contribution in [3.05, 3.63) is 40.6 Å². The monoisotopic (exact) mass is 270 g/mol. The molecule has 4 nitrogen and oxygen atoms in total. The molecular weight excluding hydrogens is 252 g/mol. The number of para-hydroxylation sites is 1. The summed E-state index contributed by atoms with van der Waals surface area (Å²) in [5.74, 6) is -0.850. The van der Waals surface area contributed by atoms with E-state index in [9.17, 15) is 9.90 Å². The number of carbonyl (C=O) groups is 1. The van der Waals surface area contributed by atoms with Crippen molar-refractivity contribution >= 4 is 16.9 Å². The van der Waals surface area contributed by atoms with Crippen molar-refractivity contribution in [2.24, 2.45) is 0 Å². The topological polar surface area (TPSA) is 53.4 Å². The number of likely N-dealkylation sites (N-methyl/N-ethyl adjacent to an activating group) is 1. The Bertz CT molecular complexity index is 694. The number of benzene rings is 1. The Morgan fingerprint density at radius 1 is 1.45 bits per heavy atom. The second-order valence-corrected chi connectivity index (χ2v) is 5.31. The molecule has 2 aromatic rings. The van der Waals surface area contributed by atoms with Gasteiger partial charge in [0.05, 0.1) is 11.1 Å². The van der Waals surface area contributed by atoms with Crippen LogP contribution in [0.4, 0.5) is 0 Å². The van der Waals surface area contributed by atoms with Crippen molar-refractivity contribution in [2.45, 2.75) is 26.8 Å². The van der Waals surface area contributed by atoms with Crippen LogP contribution in [0.15, 0.2) is 18.2 Å². The Hall–Kier alpha value is -1.94. The summed E-state index contributed by atoms with van der Waals surface area (Å²) in [6.45, 7) is 6.65. The van der Waals surface area contributed by atoms with Gasteiger partial charge in [0.25, 0.3) is 0 Å². The first-order valence-corrected chi connectivity index (χ1v) is 6.98. The average molecular weight is 270 g/mol. The normalized spacial score (nSPS) is 15.3. The van der Waals surface area contributed by atoms with E-state index in [0.29, 0.717) is 12.1 Å². The van der Waals surface area contributed by atoms with Crippen molar-refractivity contribution in [1.29, 1.82) is 0 Å². The van der Waals surface area contributed by atoms with Gasteiger partial charge in [0.15, 0.2) is 0 Å². The standard InChI is InChI=1S/C16H18N2O2/c1-3-18-8-7-13-12(9-18)14(16(19)20)11-6-4-5-10(2)15(11)17-13/h4-6H,3,7-9H2,1-2H3,(H,19,20). The molecule has 0 amide bonds. The van der Waals surface area contributed by atoms with Crippen molar-refractivity contribution < 1.29 is 9.90 Å². The molecule has 3 rings (SSSR count). The number of aromatic nitrogens is 1. The molecule has 0 saturated carbocycles. The summed E-state index contributed by atoms with van der Waals surface area (Å²) in [6, 6.07) is 5.75. The minimum atomic E-state index is -0.850. The van der Waals surface area contributed by atoms with Crippen LogP contribution >= 0.6 is 0 Å². The highest BCUT2D eigenvalue weighted by atomic mass is 16.4. The Kier molecular flexibility index (Phi) is 3.18. The van der Waals surface area contributed by atoms with E-state index < -0.39 is 5.97 Å². The maximum atomic E-state index is 11.7. The highest BCUT2D eigenvalue weighted by molar-refractivity contribution is 6.04. The number of pyridine rings is 1. The van der Waals surface area contributed by atoms with Gasteiger partial charge in [0.2, 0.25) is 0 Å². The molecule has 0 unspecified atom stereocenters. The molecule has 2 heterocycles. The maximum absolute atomic E-state index is 11.7. The first-order valence-electron chi connectivity index (χ1n) is 6.98. The smallest absolute Gasteiger partial charge is 0.336 e. The third-order valence-corrected chi connectivity index (χ3v) is 4.11. The van der Waals surface area contributed by atoms with E-state index in [2.05, 4.69) is 11.8 Å². The molecule has 0 aliphatic carbocycles. The lowest BCUT2D eigenvalue weighted by molar-refractivity contribution is 0.0695. The average Bonchev–Trinajstić information content (AvgIpc) is 2.44. The van der Waals surface area contributed by atoms with Crippen molar-refractivity contribution in [3.63, 3.8) is 0 Å². The summed E-state index contributed by atoms with van der Waals surface area (Å²) >= 11 is 0. The molecular formula is C16H18N2O2. The zero-order chi connectivity index (χ0) is 14.3. The number of carboxylic acid groups (broad SMARTS) is 1. The number of carboxylic acids is 1. The first-order chi connectivity index (χ1) is 9.61. The van der Waals surface area contributed by atoms with Crippen LogP contribution in [0.25, 0.3) is 10.9 Å². The quantitative estimate of drug-likeness (QED) is 0.911. The molecule has 1 aliphatic heterocycles. The van der Waals surface area contributed by atoms with Gasteiger partial charge in [-0.1, -0.05) is 25.1 Å². The van der Waals surface area contributed by atoms with E-state index >= 15 is 0 Å². The molecule has 1 aromatic heterocycles. The third kappa shape index (κ3) is 1.96. The number of aromatic carboxylic acids is 1. The Morgan fingerprint density at radius 3 is 2.95 bits per heavy atom. The highest BCUT2D eigenvalue weighted by Gasteiger charge is 2.25. The number of nitrogens with zero attached hydrogens (tertiary/aromatic N) is 2. The molecule has 0 radical (unpaired) electrons. The van der Waals surface area contributed by atoms with Crippen molar-refractivity contribution in [1.82, 2.24) is 9.88 Å². The number of aryl methyl sites for hydroxylation is 1. The number of hydrogen-bond donors (Lipinski definition) is 1. The van der Waals surface area contributed by atoms with E-state index in [1.165, 1.54) is 0 Å². The van der Waals surface area contributed by atoms with Gasteiger partial charge < -0.3 is 5.11 Å². The van der Waals surface area contributed by atoms with E-state index in [4.69, 9.17) is 4.98 Å². The number of rotatable bonds is 2. The predicted octanol–water partition coefficient (Wildman–Crippen LogP) is 2.62. The van der Waals surface area contributed by atoms with Crippen LogP contribution in [0, 0.1) is 6.92 Å². The van der Waals surface area contributed by atoms with Gasteiger partial charge in [-0.2, -0.15) is 0 Å². The molecule has 0 bridgehead atoms. The van der Waals surface area contributed by atoms with Crippen LogP contribution in [-0.4, -0.2) is 34.0 Å². The highest BCUT2D eigenvalue weighted by Crippen LogP contribution is 2.29. The molecule has 0 spiro atoms. The van der Waals surface area contributed by atoms with Crippen LogP contribution in [0.5, 0.6) is 0 Å². The number of hydrogen-bond acceptors (Lipinski definition) is 3. The van der Waals surface area contributed by atoms with Crippen LogP contribution in [-0.2, 0) is 13.0 Å². The lowest BCUT2D eigenvalue weighted by Gasteiger charge is -2.28. The van der Waals surface area contributed by atoms with Crippen LogP contribution in [0.2, 0.25) is 0 Å².